The van der Waals surface area contributed by atoms with Gasteiger partial charge in [-0.2, -0.15) is 0 Å². The fourth-order valence-corrected chi connectivity index (χ4v) is 4.62. The van der Waals surface area contributed by atoms with E-state index in [-0.39, 0.29) is 5.69 Å². The quantitative estimate of drug-likeness (QED) is 0.462. The number of methoxy groups -OCH3 is 1. The Morgan fingerprint density at radius 3 is 2.40 bits per heavy atom. The zero-order valence-corrected chi connectivity index (χ0v) is 19.4. The number of nitrogens with zero attached hydrogens (tertiary/aromatic N) is 2. The summed E-state index contributed by atoms with van der Waals surface area (Å²) in [5.41, 5.74) is 1.32. The van der Waals surface area contributed by atoms with E-state index in [9.17, 15) is 14.0 Å². The van der Waals surface area contributed by atoms with Crippen LogP contribution in [0.25, 0.3) is 0 Å². The maximum atomic E-state index is 14.5. The molecule has 5 rings (SSSR count). The third kappa shape index (κ3) is 3.89. The normalized spacial score (nSPS) is 21.4. The number of rotatable bonds is 7. The topological polar surface area (TPSA) is 68.3 Å². The lowest BCUT2D eigenvalue weighted by atomic mass is 9.90. The van der Waals surface area contributed by atoms with Crippen LogP contribution >= 0.6 is 0 Å². The van der Waals surface area contributed by atoms with E-state index >= 15 is 0 Å². The maximum absolute atomic E-state index is 14.5. The van der Waals surface area contributed by atoms with E-state index in [4.69, 9.17) is 14.3 Å². The molecule has 3 aromatic carbocycles. The van der Waals surface area contributed by atoms with Crippen LogP contribution in [-0.2, 0) is 14.4 Å². The van der Waals surface area contributed by atoms with Crippen LogP contribution in [-0.4, -0.2) is 31.6 Å². The zero-order chi connectivity index (χ0) is 24.5. The highest BCUT2D eigenvalue weighted by Crippen LogP contribution is 2.48. The van der Waals surface area contributed by atoms with Crippen molar-refractivity contribution in [2.45, 2.75) is 25.5 Å². The Bertz CT molecular complexity index is 1250. The molecule has 0 saturated carbocycles. The van der Waals surface area contributed by atoms with E-state index in [0.29, 0.717) is 29.4 Å². The van der Waals surface area contributed by atoms with Crippen LogP contribution in [0, 0.1) is 11.7 Å². The number of fused-ring (bicyclic) bond motifs is 1. The Kier molecular flexibility index (Phi) is 6.13. The van der Waals surface area contributed by atoms with Gasteiger partial charge in [0.2, 0.25) is 5.91 Å². The highest BCUT2D eigenvalue weighted by molar-refractivity contribution is 6.24. The van der Waals surface area contributed by atoms with Gasteiger partial charge in [0.25, 0.3) is 5.91 Å². The molecule has 180 valence electrons. The number of hydroxylamine groups is 1. The number of hydrogen-bond acceptors (Lipinski definition) is 6. The lowest BCUT2D eigenvalue weighted by Gasteiger charge is -2.29. The van der Waals surface area contributed by atoms with Crippen molar-refractivity contribution < 1.29 is 28.3 Å². The smallest absolute Gasteiger partial charge is 0.266 e. The largest absolute Gasteiger partial charge is 0.493 e. The predicted molar refractivity (Wildman–Crippen MR) is 128 cm³/mol. The molecule has 2 heterocycles. The summed E-state index contributed by atoms with van der Waals surface area (Å²) in [7, 11) is 1.55. The summed E-state index contributed by atoms with van der Waals surface area (Å²) in [4.78, 5) is 34.0. The maximum Gasteiger partial charge on any atom is 0.266 e. The average Bonchev–Trinajstić information content (AvgIpc) is 3.39. The van der Waals surface area contributed by atoms with Crippen molar-refractivity contribution in [1.29, 1.82) is 0 Å². The fraction of sp³-hybridized carbons (Fsp3) is 0.259. The highest BCUT2D eigenvalue weighted by Gasteiger charge is 2.60. The van der Waals surface area contributed by atoms with Crippen molar-refractivity contribution in [2.75, 3.05) is 23.7 Å². The van der Waals surface area contributed by atoms with Crippen molar-refractivity contribution in [3.05, 3.63) is 84.2 Å². The molecule has 7 nitrogen and oxygen atoms in total. The van der Waals surface area contributed by atoms with Crippen molar-refractivity contribution in [1.82, 2.24) is 0 Å². The molecular weight excluding hydrogens is 451 g/mol. The molecule has 35 heavy (non-hydrogen) atoms. The van der Waals surface area contributed by atoms with Gasteiger partial charge in [-0.3, -0.25) is 14.4 Å². The van der Waals surface area contributed by atoms with Gasteiger partial charge in [-0.25, -0.2) is 14.4 Å². The summed E-state index contributed by atoms with van der Waals surface area (Å²) in [6.45, 7) is 2.55. The molecule has 3 atom stereocenters. The van der Waals surface area contributed by atoms with Crippen molar-refractivity contribution >= 4 is 23.2 Å². The van der Waals surface area contributed by atoms with E-state index in [1.54, 1.807) is 30.4 Å². The molecule has 0 spiro atoms. The first-order valence-electron chi connectivity index (χ1n) is 11.5. The first kappa shape index (κ1) is 22.9. The van der Waals surface area contributed by atoms with Gasteiger partial charge >= 0.3 is 0 Å². The minimum Gasteiger partial charge on any atom is -0.493 e. The van der Waals surface area contributed by atoms with E-state index in [2.05, 4.69) is 0 Å². The lowest BCUT2D eigenvalue weighted by Crippen LogP contribution is -2.37. The van der Waals surface area contributed by atoms with Gasteiger partial charge in [-0.15, -0.1) is 0 Å². The van der Waals surface area contributed by atoms with Crippen molar-refractivity contribution in [3.63, 3.8) is 0 Å². The number of hydrogen-bond donors (Lipinski definition) is 0. The zero-order valence-electron chi connectivity index (χ0n) is 19.4. The Balaban J connectivity index is 1.58. The highest BCUT2D eigenvalue weighted by atomic mass is 19.1. The molecule has 8 heteroatoms. The van der Waals surface area contributed by atoms with Gasteiger partial charge in [0, 0.05) is 0 Å². The van der Waals surface area contributed by atoms with Gasteiger partial charge < -0.3 is 9.47 Å². The second-order valence-electron chi connectivity index (χ2n) is 8.38. The molecule has 2 aliphatic heterocycles. The third-order valence-corrected chi connectivity index (χ3v) is 6.21. The SMILES string of the molecule is CCCOc1ccc(C2C3C(=O)N(c4ccccc4F)C(=O)C3ON2c2ccccc2)cc1OC. The number of carbonyl (C=O) groups excluding carboxylic acids is 2. The molecule has 0 N–H and O–H groups in total. The van der Waals surface area contributed by atoms with Crippen LogP contribution in [0.4, 0.5) is 15.8 Å². The second-order valence-corrected chi connectivity index (χ2v) is 8.38. The van der Waals surface area contributed by atoms with Gasteiger partial charge in [-0.05, 0) is 48.4 Å². The number of para-hydroxylation sites is 2. The molecule has 3 unspecified atom stereocenters. The van der Waals surface area contributed by atoms with E-state index in [0.717, 1.165) is 11.3 Å². The standard InChI is InChI=1S/C27H25FN2O5/c1-3-15-34-21-14-13-17(16-22(21)33-2)24-23-25(35-30(24)18-9-5-4-6-10-18)27(32)29(26(23)31)20-12-8-7-11-19(20)28/h4-14,16,23-25H,3,15H2,1-2H3. The van der Waals surface area contributed by atoms with Crippen LogP contribution in [0.15, 0.2) is 72.8 Å². The molecule has 2 amide bonds. The van der Waals surface area contributed by atoms with Crippen LogP contribution in [0.5, 0.6) is 11.5 Å². The summed E-state index contributed by atoms with van der Waals surface area (Å²) in [6.07, 6.45) is -0.246. The molecule has 2 aliphatic rings. The predicted octanol–water partition coefficient (Wildman–Crippen LogP) is 4.67. The lowest BCUT2D eigenvalue weighted by molar-refractivity contribution is -0.126. The van der Waals surface area contributed by atoms with Crippen LogP contribution < -0.4 is 19.4 Å². The van der Waals surface area contributed by atoms with Crippen LogP contribution in [0.2, 0.25) is 0 Å². The van der Waals surface area contributed by atoms with Gasteiger partial charge in [-0.1, -0.05) is 43.3 Å². The van der Waals surface area contributed by atoms with Crippen LogP contribution in [0.3, 0.4) is 0 Å². The number of imide groups is 1. The molecule has 2 saturated heterocycles. The molecular formula is C27H25FN2O5. The molecule has 0 bridgehead atoms. The summed E-state index contributed by atoms with van der Waals surface area (Å²) >= 11 is 0. The van der Waals surface area contributed by atoms with Crippen molar-refractivity contribution in [2.24, 2.45) is 5.92 Å². The first-order valence-corrected chi connectivity index (χ1v) is 11.5. The van der Waals surface area contributed by atoms with Gasteiger partial charge in [0.05, 0.1) is 31.1 Å². The van der Waals surface area contributed by atoms with E-state index in [1.165, 1.54) is 18.2 Å². The Hall–Kier alpha value is -3.91. The van der Waals surface area contributed by atoms with E-state index < -0.39 is 35.7 Å². The molecule has 0 aromatic heterocycles. The third-order valence-electron chi connectivity index (χ3n) is 6.21. The number of carbonyl (C=O) groups is 2. The number of benzene rings is 3. The monoisotopic (exact) mass is 476 g/mol. The molecule has 3 aromatic rings. The number of ether oxygens (including phenoxy) is 2. The number of anilines is 2. The van der Waals surface area contributed by atoms with Gasteiger partial charge in [0.15, 0.2) is 17.6 Å². The second kappa shape index (κ2) is 9.38. The molecule has 2 fully saturated rings. The van der Waals surface area contributed by atoms with Crippen molar-refractivity contribution in [3.8, 4) is 11.5 Å². The Morgan fingerprint density at radius 1 is 0.943 bits per heavy atom. The summed E-state index contributed by atoms with van der Waals surface area (Å²) < 4.78 is 25.9. The first-order chi connectivity index (χ1) is 17.0. The minimum atomic E-state index is -1.09. The van der Waals surface area contributed by atoms with Gasteiger partial charge in [0.1, 0.15) is 11.7 Å². The van der Waals surface area contributed by atoms with E-state index in [1.807, 2.05) is 43.3 Å². The minimum absolute atomic E-state index is 0.0774. The Morgan fingerprint density at radius 2 is 1.69 bits per heavy atom. The average molecular weight is 477 g/mol. The summed E-state index contributed by atoms with van der Waals surface area (Å²) in [5, 5.41) is 1.59. The van der Waals surface area contributed by atoms with Crippen LogP contribution in [0.1, 0.15) is 24.9 Å². The Labute approximate surface area is 202 Å². The fourth-order valence-electron chi connectivity index (χ4n) is 4.62. The molecule has 0 radical (unpaired) electrons. The molecule has 0 aliphatic carbocycles. The number of halogens is 1. The summed E-state index contributed by atoms with van der Waals surface area (Å²) in [6, 6.07) is 19.7. The summed E-state index contributed by atoms with van der Waals surface area (Å²) in [5.74, 6) is -1.54. The number of amides is 2.